The van der Waals surface area contributed by atoms with Gasteiger partial charge < -0.3 is 15.3 Å². The van der Waals surface area contributed by atoms with Gasteiger partial charge in [-0.25, -0.2) is 4.79 Å². The molecule has 3 atom stereocenters. The lowest BCUT2D eigenvalue weighted by Gasteiger charge is -2.24. The van der Waals surface area contributed by atoms with Crippen molar-refractivity contribution < 1.29 is 9.90 Å². The first-order valence-corrected chi connectivity index (χ1v) is 7.91. The number of unbranched alkanes of at least 4 members (excludes halogenated alkanes) is 1. The van der Waals surface area contributed by atoms with Gasteiger partial charge in [-0.3, -0.25) is 0 Å². The Bertz CT molecular complexity index is 296. The molecule has 0 aromatic carbocycles. The number of carbonyl (C=O) groups is 1. The maximum absolute atomic E-state index is 12.2. The van der Waals surface area contributed by atoms with Gasteiger partial charge in [0.05, 0.1) is 0 Å². The van der Waals surface area contributed by atoms with Crippen LogP contribution in [0.25, 0.3) is 0 Å². The third kappa shape index (κ3) is 3.85. The molecular formula is C15H28N2O2. The molecule has 0 spiro atoms. The van der Waals surface area contributed by atoms with E-state index in [4.69, 9.17) is 5.11 Å². The molecule has 0 bridgehead atoms. The average Bonchev–Trinajstić information content (AvgIpc) is 3.05. The zero-order valence-corrected chi connectivity index (χ0v) is 12.1. The first-order valence-electron chi connectivity index (χ1n) is 7.91. The summed E-state index contributed by atoms with van der Waals surface area (Å²) in [6, 6.07) is 0.469. The number of hydrogen-bond donors (Lipinski definition) is 2. The van der Waals surface area contributed by atoms with Crippen LogP contribution in [-0.2, 0) is 0 Å². The largest absolute Gasteiger partial charge is 0.396 e. The van der Waals surface area contributed by atoms with E-state index in [1.165, 1.54) is 32.1 Å². The van der Waals surface area contributed by atoms with Gasteiger partial charge >= 0.3 is 6.03 Å². The predicted octanol–water partition coefficient (Wildman–Crippen LogP) is 2.37. The van der Waals surface area contributed by atoms with Crippen LogP contribution >= 0.6 is 0 Å². The number of aliphatic hydroxyl groups is 1. The Balaban J connectivity index is 1.78. The lowest BCUT2D eigenvalue weighted by atomic mass is 9.97. The molecule has 1 saturated heterocycles. The number of nitrogens with zero attached hydrogens (tertiary/aromatic N) is 1. The SMILES string of the molecule is CCCCC1CCCC1NC(=O)N1CCC(CO)C1. The Morgan fingerprint density at radius 3 is 2.89 bits per heavy atom. The molecular weight excluding hydrogens is 240 g/mol. The molecule has 1 saturated carbocycles. The number of rotatable bonds is 5. The van der Waals surface area contributed by atoms with Crippen molar-refractivity contribution in [3.63, 3.8) is 0 Å². The molecule has 0 aromatic heterocycles. The zero-order valence-electron chi connectivity index (χ0n) is 12.1. The minimum absolute atomic E-state index is 0.0874. The smallest absolute Gasteiger partial charge is 0.317 e. The molecule has 4 heteroatoms. The van der Waals surface area contributed by atoms with Gasteiger partial charge in [0, 0.05) is 31.7 Å². The summed E-state index contributed by atoms with van der Waals surface area (Å²) >= 11 is 0. The number of likely N-dealkylation sites (tertiary alicyclic amines) is 1. The summed E-state index contributed by atoms with van der Waals surface area (Å²) in [6.07, 6.45) is 8.35. The molecule has 0 radical (unpaired) electrons. The molecule has 2 rings (SSSR count). The van der Waals surface area contributed by atoms with Crippen molar-refractivity contribution in [2.45, 2.75) is 57.9 Å². The lowest BCUT2D eigenvalue weighted by molar-refractivity contribution is 0.191. The summed E-state index contributed by atoms with van der Waals surface area (Å²) in [5, 5.41) is 12.4. The second-order valence-corrected chi connectivity index (χ2v) is 6.17. The second kappa shape index (κ2) is 7.13. The zero-order chi connectivity index (χ0) is 13.7. The van der Waals surface area contributed by atoms with E-state index in [1.807, 2.05) is 4.90 Å². The van der Waals surface area contributed by atoms with Gasteiger partial charge in [0.2, 0.25) is 0 Å². The molecule has 0 aromatic rings. The Kier molecular flexibility index (Phi) is 5.49. The molecule has 1 aliphatic heterocycles. The van der Waals surface area contributed by atoms with E-state index in [0.29, 0.717) is 18.5 Å². The Labute approximate surface area is 116 Å². The van der Waals surface area contributed by atoms with Crippen LogP contribution in [0.4, 0.5) is 4.79 Å². The summed E-state index contributed by atoms with van der Waals surface area (Å²) in [6.45, 7) is 3.94. The fraction of sp³-hybridized carbons (Fsp3) is 0.933. The van der Waals surface area contributed by atoms with E-state index in [9.17, 15) is 4.79 Å². The fourth-order valence-electron chi connectivity index (χ4n) is 3.45. The molecule has 2 N–H and O–H groups in total. The van der Waals surface area contributed by atoms with Crippen LogP contribution in [-0.4, -0.2) is 41.8 Å². The van der Waals surface area contributed by atoms with Crippen molar-refractivity contribution in [3.8, 4) is 0 Å². The number of nitrogens with one attached hydrogen (secondary N) is 1. The summed E-state index contributed by atoms with van der Waals surface area (Å²) < 4.78 is 0. The van der Waals surface area contributed by atoms with Crippen LogP contribution in [0, 0.1) is 11.8 Å². The highest BCUT2D eigenvalue weighted by atomic mass is 16.3. The summed E-state index contributed by atoms with van der Waals surface area (Å²) in [7, 11) is 0. The third-order valence-corrected chi connectivity index (χ3v) is 4.73. The average molecular weight is 268 g/mol. The van der Waals surface area contributed by atoms with Gasteiger partial charge in [0.15, 0.2) is 0 Å². The van der Waals surface area contributed by atoms with Crippen LogP contribution < -0.4 is 5.32 Å². The molecule has 2 fully saturated rings. The maximum atomic E-state index is 12.2. The van der Waals surface area contributed by atoms with Crippen LogP contribution in [0.5, 0.6) is 0 Å². The molecule has 1 heterocycles. The van der Waals surface area contributed by atoms with Crippen molar-refractivity contribution in [1.29, 1.82) is 0 Å². The molecule has 1 aliphatic carbocycles. The number of hydrogen-bond acceptors (Lipinski definition) is 2. The van der Waals surface area contributed by atoms with Crippen molar-refractivity contribution in [3.05, 3.63) is 0 Å². The third-order valence-electron chi connectivity index (χ3n) is 4.73. The number of amides is 2. The van der Waals surface area contributed by atoms with Gasteiger partial charge in [-0.2, -0.15) is 0 Å². The quantitative estimate of drug-likeness (QED) is 0.804. The van der Waals surface area contributed by atoms with E-state index in [2.05, 4.69) is 12.2 Å². The topological polar surface area (TPSA) is 52.6 Å². The Morgan fingerprint density at radius 2 is 2.21 bits per heavy atom. The second-order valence-electron chi connectivity index (χ2n) is 6.17. The fourth-order valence-corrected chi connectivity index (χ4v) is 3.45. The van der Waals surface area contributed by atoms with Gasteiger partial charge in [-0.1, -0.05) is 26.2 Å². The van der Waals surface area contributed by atoms with E-state index in [1.54, 1.807) is 0 Å². The molecule has 2 amide bonds. The standard InChI is InChI=1S/C15H28N2O2/c1-2-3-5-13-6-4-7-14(13)16-15(19)17-9-8-12(10-17)11-18/h12-14,18H,2-11H2,1H3,(H,16,19). The van der Waals surface area contributed by atoms with Gasteiger partial charge in [0.1, 0.15) is 0 Å². The monoisotopic (exact) mass is 268 g/mol. The van der Waals surface area contributed by atoms with Crippen LogP contribution in [0.2, 0.25) is 0 Å². The summed E-state index contributed by atoms with van der Waals surface area (Å²) in [4.78, 5) is 14.1. The van der Waals surface area contributed by atoms with Gasteiger partial charge in [-0.05, 0) is 31.6 Å². The minimum atomic E-state index is 0.0874. The van der Waals surface area contributed by atoms with Crippen molar-refractivity contribution in [2.75, 3.05) is 19.7 Å². The normalized spacial score (nSPS) is 30.8. The van der Waals surface area contributed by atoms with Crippen LogP contribution in [0.1, 0.15) is 51.9 Å². The maximum Gasteiger partial charge on any atom is 0.317 e. The number of urea groups is 1. The molecule has 2 aliphatic rings. The molecule has 4 nitrogen and oxygen atoms in total. The van der Waals surface area contributed by atoms with E-state index < -0.39 is 0 Å². The molecule has 19 heavy (non-hydrogen) atoms. The van der Waals surface area contributed by atoms with Gasteiger partial charge in [-0.15, -0.1) is 0 Å². The van der Waals surface area contributed by atoms with Gasteiger partial charge in [0.25, 0.3) is 0 Å². The summed E-state index contributed by atoms with van der Waals surface area (Å²) in [5.74, 6) is 0.963. The predicted molar refractivity (Wildman–Crippen MR) is 76.0 cm³/mol. The van der Waals surface area contributed by atoms with Crippen molar-refractivity contribution >= 4 is 6.03 Å². The number of aliphatic hydroxyl groups excluding tert-OH is 1. The van der Waals surface area contributed by atoms with Crippen molar-refractivity contribution in [1.82, 2.24) is 10.2 Å². The van der Waals surface area contributed by atoms with E-state index >= 15 is 0 Å². The first kappa shape index (κ1) is 14.6. The van der Waals surface area contributed by atoms with Crippen LogP contribution in [0.3, 0.4) is 0 Å². The minimum Gasteiger partial charge on any atom is -0.396 e. The highest BCUT2D eigenvalue weighted by Crippen LogP contribution is 2.30. The molecule has 110 valence electrons. The first-order chi connectivity index (χ1) is 9.24. The van der Waals surface area contributed by atoms with Crippen LogP contribution in [0.15, 0.2) is 0 Å². The number of carbonyl (C=O) groups excluding carboxylic acids is 1. The summed E-state index contributed by atoms with van der Waals surface area (Å²) in [5.41, 5.74) is 0. The van der Waals surface area contributed by atoms with E-state index in [-0.39, 0.29) is 18.6 Å². The highest BCUT2D eigenvalue weighted by molar-refractivity contribution is 5.74. The van der Waals surface area contributed by atoms with Crippen molar-refractivity contribution in [2.24, 2.45) is 11.8 Å². The Hall–Kier alpha value is -0.770. The Morgan fingerprint density at radius 1 is 1.37 bits per heavy atom. The molecule has 3 unspecified atom stereocenters. The lowest BCUT2D eigenvalue weighted by Crippen LogP contribution is -2.45. The van der Waals surface area contributed by atoms with E-state index in [0.717, 1.165) is 19.4 Å². The highest BCUT2D eigenvalue weighted by Gasteiger charge is 2.31.